The van der Waals surface area contributed by atoms with E-state index in [1.807, 2.05) is 6.92 Å². The number of rotatable bonds is 10. The number of ether oxygens (including phenoxy) is 2. The van der Waals surface area contributed by atoms with Gasteiger partial charge in [-0.25, -0.2) is 4.79 Å². The van der Waals surface area contributed by atoms with Crippen molar-refractivity contribution in [3.05, 3.63) is 63.3 Å². The third-order valence-electron chi connectivity index (χ3n) is 5.87. The summed E-state index contributed by atoms with van der Waals surface area (Å²) in [6.45, 7) is 3.39. The Labute approximate surface area is 207 Å². The molecular weight excluding hydrogens is 464 g/mol. The second-order valence-corrected chi connectivity index (χ2v) is 8.56. The second kappa shape index (κ2) is 11.6. The van der Waals surface area contributed by atoms with Crippen LogP contribution in [-0.2, 0) is 22.7 Å². The Morgan fingerprint density at radius 3 is 2.53 bits per heavy atom. The van der Waals surface area contributed by atoms with Crippen LogP contribution in [-0.4, -0.2) is 40.7 Å². The molecule has 1 aliphatic heterocycles. The van der Waals surface area contributed by atoms with Gasteiger partial charge in [-0.3, -0.25) is 23.5 Å². The van der Waals surface area contributed by atoms with E-state index >= 15 is 0 Å². The molecule has 0 atom stereocenters. The lowest BCUT2D eigenvalue weighted by atomic mass is 10.2. The number of nitrogens with one attached hydrogen (secondary N) is 2. The average Bonchev–Trinajstić information content (AvgIpc) is 2.89. The highest BCUT2D eigenvalue weighted by molar-refractivity contribution is 5.92. The van der Waals surface area contributed by atoms with Crippen LogP contribution in [0.1, 0.15) is 32.6 Å². The highest BCUT2D eigenvalue weighted by atomic mass is 16.6. The molecule has 1 aliphatic rings. The summed E-state index contributed by atoms with van der Waals surface area (Å²) < 4.78 is 13.5. The largest absolute Gasteiger partial charge is 0.486 e. The van der Waals surface area contributed by atoms with Gasteiger partial charge in [0.1, 0.15) is 19.8 Å². The van der Waals surface area contributed by atoms with Gasteiger partial charge in [-0.1, -0.05) is 19.1 Å². The van der Waals surface area contributed by atoms with Crippen LogP contribution in [0.5, 0.6) is 11.5 Å². The molecule has 0 aliphatic carbocycles. The van der Waals surface area contributed by atoms with Crippen molar-refractivity contribution >= 4 is 28.4 Å². The van der Waals surface area contributed by atoms with Crippen LogP contribution in [0.25, 0.3) is 10.9 Å². The number of carbonyl (C=O) groups is 2. The number of anilines is 1. The molecule has 4 rings (SSSR count). The summed E-state index contributed by atoms with van der Waals surface area (Å²) in [6, 6.07) is 11.8. The molecule has 10 heteroatoms. The maximum absolute atomic E-state index is 13.3. The summed E-state index contributed by atoms with van der Waals surface area (Å²) in [5, 5.41) is 5.95. The molecule has 190 valence electrons. The molecule has 2 heterocycles. The lowest BCUT2D eigenvalue weighted by Crippen LogP contribution is -2.41. The van der Waals surface area contributed by atoms with Gasteiger partial charge in [0.25, 0.3) is 5.56 Å². The van der Waals surface area contributed by atoms with Crippen molar-refractivity contribution in [2.75, 3.05) is 25.1 Å². The van der Waals surface area contributed by atoms with E-state index in [2.05, 4.69) is 10.6 Å². The summed E-state index contributed by atoms with van der Waals surface area (Å²) in [5.74, 6) is 0.683. The maximum atomic E-state index is 13.3. The van der Waals surface area contributed by atoms with E-state index in [0.29, 0.717) is 67.1 Å². The predicted molar refractivity (Wildman–Crippen MR) is 136 cm³/mol. The first-order valence-corrected chi connectivity index (χ1v) is 12.2. The molecule has 2 amide bonds. The van der Waals surface area contributed by atoms with Crippen molar-refractivity contribution in [2.45, 2.75) is 45.7 Å². The van der Waals surface area contributed by atoms with E-state index < -0.39 is 17.2 Å². The first kappa shape index (κ1) is 25.0. The molecule has 2 N–H and O–H groups in total. The number of benzene rings is 2. The molecule has 1 aromatic heterocycles. The van der Waals surface area contributed by atoms with Gasteiger partial charge in [0.2, 0.25) is 11.8 Å². The van der Waals surface area contributed by atoms with Crippen LogP contribution in [0.2, 0.25) is 0 Å². The molecule has 10 nitrogen and oxygen atoms in total. The monoisotopic (exact) mass is 494 g/mol. The number of nitrogens with zero attached hydrogens (tertiary/aromatic N) is 2. The van der Waals surface area contributed by atoms with Crippen molar-refractivity contribution in [3.8, 4) is 11.5 Å². The van der Waals surface area contributed by atoms with Crippen LogP contribution < -0.4 is 31.4 Å². The third-order valence-corrected chi connectivity index (χ3v) is 5.87. The van der Waals surface area contributed by atoms with Gasteiger partial charge < -0.3 is 20.1 Å². The van der Waals surface area contributed by atoms with Gasteiger partial charge in [0.05, 0.1) is 10.9 Å². The quantitative estimate of drug-likeness (QED) is 0.417. The van der Waals surface area contributed by atoms with E-state index in [1.165, 1.54) is 4.57 Å². The van der Waals surface area contributed by atoms with E-state index in [9.17, 15) is 19.2 Å². The zero-order valence-electron chi connectivity index (χ0n) is 20.2. The molecule has 0 saturated carbocycles. The van der Waals surface area contributed by atoms with Crippen LogP contribution >= 0.6 is 0 Å². The molecular formula is C26H30N4O6. The number of para-hydroxylation sites is 1. The summed E-state index contributed by atoms with van der Waals surface area (Å²) in [7, 11) is 0. The molecule has 3 aromatic rings. The minimum absolute atomic E-state index is 0.0454. The van der Waals surface area contributed by atoms with Crippen molar-refractivity contribution < 1.29 is 19.1 Å². The first-order chi connectivity index (χ1) is 17.5. The van der Waals surface area contributed by atoms with E-state index in [-0.39, 0.29) is 19.0 Å². The Balaban J connectivity index is 1.51. The van der Waals surface area contributed by atoms with Crippen LogP contribution in [0.4, 0.5) is 5.69 Å². The number of hydrogen-bond acceptors (Lipinski definition) is 6. The molecule has 0 radical (unpaired) electrons. The molecule has 0 unspecified atom stereocenters. The Bertz CT molecular complexity index is 1380. The fraction of sp³-hybridized carbons (Fsp3) is 0.385. The number of unbranched alkanes of at least 4 members (excludes halogenated alkanes) is 1. The van der Waals surface area contributed by atoms with E-state index in [1.54, 1.807) is 42.5 Å². The Morgan fingerprint density at radius 1 is 0.944 bits per heavy atom. The fourth-order valence-electron chi connectivity index (χ4n) is 4.09. The van der Waals surface area contributed by atoms with E-state index in [0.717, 1.165) is 11.0 Å². The lowest BCUT2D eigenvalue weighted by Gasteiger charge is -2.19. The Hall–Kier alpha value is -4.08. The summed E-state index contributed by atoms with van der Waals surface area (Å²) in [4.78, 5) is 51.0. The second-order valence-electron chi connectivity index (χ2n) is 8.56. The molecule has 0 bridgehead atoms. The Kier molecular flexibility index (Phi) is 8.04. The third kappa shape index (κ3) is 5.76. The topological polar surface area (TPSA) is 121 Å². The van der Waals surface area contributed by atoms with Gasteiger partial charge in [0, 0.05) is 31.3 Å². The summed E-state index contributed by atoms with van der Waals surface area (Å²) in [5.41, 5.74) is -0.0720. The molecule has 0 fully saturated rings. The van der Waals surface area contributed by atoms with Crippen molar-refractivity contribution in [3.63, 3.8) is 0 Å². The van der Waals surface area contributed by atoms with Crippen molar-refractivity contribution in [1.29, 1.82) is 0 Å². The molecule has 0 spiro atoms. The van der Waals surface area contributed by atoms with Gasteiger partial charge in [-0.2, -0.15) is 0 Å². The normalized spacial score (nSPS) is 12.4. The molecule has 36 heavy (non-hydrogen) atoms. The van der Waals surface area contributed by atoms with Crippen LogP contribution in [0, 0.1) is 0 Å². The minimum atomic E-state index is -0.563. The smallest absolute Gasteiger partial charge is 0.331 e. The lowest BCUT2D eigenvalue weighted by molar-refractivity contribution is -0.121. The number of hydrogen-bond donors (Lipinski definition) is 2. The van der Waals surface area contributed by atoms with Crippen LogP contribution in [0.3, 0.4) is 0 Å². The van der Waals surface area contributed by atoms with Gasteiger partial charge in [0.15, 0.2) is 11.5 Å². The number of fused-ring (bicyclic) bond motifs is 2. The highest BCUT2D eigenvalue weighted by Crippen LogP contribution is 2.32. The predicted octanol–water partition coefficient (Wildman–Crippen LogP) is 2.27. The highest BCUT2D eigenvalue weighted by Gasteiger charge is 2.17. The summed E-state index contributed by atoms with van der Waals surface area (Å²) in [6.07, 6.45) is 2.21. The number of carbonyl (C=O) groups excluding carboxylic acids is 2. The zero-order chi connectivity index (χ0) is 25.5. The fourth-order valence-corrected chi connectivity index (χ4v) is 4.09. The van der Waals surface area contributed by atoms with Crippen molar-refractivity contribution in [1.82, 2.24) is 14.5 Å². The zero-order valence-corrected chi connectivity index (χ0v) is 20.2. The first-order valence-electron chi connectivity index (χ1n) is 12.2. The standard InChI is InChI=1S/C26H30N4O6/c1-2-12-27-23(31)9-5-6-13-29-25(33)19-7-3-4-8-20(19)30(26(29)34)17-24(32)28-18-10-11-21-22(16-18)36-15-14-35-21/h3-4,7-8,10-11,16H,2,5-6,9,12-15,17H2,1H3,(H,27,31)(H,28,32). The van der Waals surface area contributed by atoms with Crippen molar-refractivity contribution in [2.24, 2.45) is 0 Å². The van der Waals surface area contributed by atoms with Crippen LogP contribution in [0.15, 0.2) is 52.1 Å². The maximum Gasteiger partial charge on any atom is 0.331 e. The number of amides is 2. The van der Waals surface area contributed by atoms with Gasteiger partial charge in [-0.05, 0) is 43.5 Å². The summed E-state index contributed by atoms with van der Waals surface area (Å²) >= 11 is 0. The molecule has 0 saturated heterocycles. The SMILES string of the molecule is CCCNC(=O)CCCCn1c(=O)c2ccccc2n(CC(=O)Nc2ccc3c(c2)OCCO3)c1=O. The van der Waals surface area contributed by atoms with Gasteiger partial charge in [-0.15, -0.1) is 0 Å². The molecule has 2 aromatic carbocycles. The van der Waals surface area contributed by atoms with E-state index in [4.69, 9.17) is 9.47 Å². The Morgan fingerprint density at radius 2 is 1.72 bits per heavy atom. The number of aromatic nitrogens is 2. The van der Waals surface area contributed by atoms with Gasteiger partial charge >= 0.3 is 5.69 Å². The average molecular weight is 495 g/mol. The minimum Gasteiger partial charge on any atom is -0.486 e.